The molecule has 1 spiro atoms. The number of hydrogen-bond acceptors (Lipinski definition) is 4. The molecule has 1 saturated heterocycles. The van der Waals surface area contributed by atoms with E-state index in [1.54, 1.807) is 29.5 Å². The second-order valence-corrected chi connectivity index (χ2v) is 8.43. The topological polar surface area (TPSA) is 58.6 Å². The van der Waals surface area contributed by atoms with Crippen LogP contribution in [0.2, 0.25) is 5.02 Å². The highest BCUT2D eigenvalue weighted by molar-refractivity contribution is 7.10. The molecule has 0 saturated carbocycles. The first-order valence-corrected chi connectivity index (χ1v) is 10.3. The third kappa shape index (κ3) is 3.49. The van der Waals surface area contributed by atoms with E-state index in [1.165, 1.54) is 17.4 Å². The van der Waals surface area contributed by atoms with E-state index >= 15 is 0 Å². The lowest BCUT2D eigenvalue weighted by Gasteiger charge is -2.44. The van der Waals surface area contributed by atoms with Crippen LogP contribution < -0.4 is 5.32 Å². The van der Waals surface area contributed by atoms with Gasteiger partial charge in [0.1, 0.15) is 0 Å². The molecule has 0 bridgehead atoms. The molecule has 142 valence electrons. The van der Waals surface area contributed by atoms with Crippen molar-refractivity contribution in [3.8, 4) is 0 Å². The van der Waals surface area contributed by atoms with Gasteiger partial charge in [-0.1, -0.05) is 11.6 Å². The smallest absolute Gasteiger partial charge is 0.255 e. The summed E-state index contributed by atoms with van der Waals surface area (Å²) in [5.74, 6) is -0.252. The largest absolute Gasteiger partial charge is 0.370 e. The van der Waals surface area contributed by atoms with Gasteiger partial charge >= 0.3 is 0 Å². The Morgan fingerprint density at radius 1 is 1.26 bits per heavy atom. The van der Waals surface area contributed by atoms with Crippen LogP contribution in [0.15, 0.2) is 29.6 Å². The highest BCUT2D eigenvalue weighted by Gasteiger charge is 2.42. The van der Waals surface area contributed by atoms with E-state index in [1.807, 2.05) is 4.90 Å². The molecular formula is C20H21ClN2O3S. The molecule has 0 radical (unpaired) electrons. The lowest BCUT2D eigenvalue weighted by molar-refractivity contribution is -0.114. The van der Waals surface area contributed by atoms with Gasteiger partial charge in [-0.3, -0.25) is 9.59 Å². The van der Waals surface area contributed by atoms with E-state index in [0.29, 0.717) is 29.4 Å². The van der Waals surface area contributed by atoms with E-state index in [0.717, 1.165) is 25.9 Å². The number of nitrogens with one attached hydrogen (secondary N) is 1. The van der Waals surface area contributed by atoms with Crippen LogP contribution in [0.1, 0.15) is 40.6 Å². The molecular weight excluding hydrogens is 384 g/mol. The van der Waals surface area contributed by atoms with Crippen LogP contribution in [0.3, 0.4) is 0 Å². The molecule has 1 fully saturated rings. The minimum Gasteiger partial charge on any atom is -0.370 e. The number of rotatable bonds is 2. The van der Waals surface area contributed by atoms with Crippen LogP contribution in [0, 0.1) is 0 Å². The summed E-state index contributed by atoms with van der Waals surface area (Å²) in [5, 5.41) is 5.15. The van der Waals surface area contributed by atoms with Crippen molar-refractivity contribution in [2.75, 3.05) is 25.0 Å². The van der Waals surface area contributed by atoms with Crippen molar-refractivity contribution >= 4 is 40.4 Å². The van der Waals surface area contributed by atoms with Crippen molar-refractivity contribution in [3.05, 3.63) is 50.7 Å². The van der Waals surface area contributed by atoms with Crippen molar-refractivity contribution < 1.29 is 14.3 Å². The van der Waals surface area contributed by atoms with Crippen molar-refractivity contribution in [2.24, 2.45) is 0 Å². The van der Waals surface area contributed by atoms with E-state index in [2.05, 4.69) is 16.8 Å². The monoisotopic (exact) mass is 404 g/mol. The fourth-order valence-corrected chi connectivity index (χ4v) is 5.19. The van der Waals surface area contributed by atoms with Gasteiger partial charge in [0.25, 0.3) is 5.91 Å². The Labute approximate surface area is 167 Å². The summed E-state index contributed by atoms with van der Waals surface area (Å²) in [6.45, 7) is 3.45. The maximum atomic E-state index is 12.9. The van der Waals surface area contributed by atoms with Crippen LogP contribution in [-0.4, -0.2) is 36.4 Å². The van der Waals surface area contributed by atoms with Crippen LogP contribution in [-0.2, 0) is 21.6 Å². The molecule has 27 heavy (non-hydrogen) atoms. The zero-order valence-electron chi connectivity index (χ0n) is 15.1. The Balaban J connectivity index is 1.48. The van der Waals surface area contributed by atoms with Crippen LogP contribution in [0.25, 0.3) is 0 Å². The van der Waals surface area contributed by atoms with Gasteiger partial charge in [-0.25, -0.2) is 0 Å². The van der Waals surface area contributed by atoms with Crippen molar-refractivity contribution in [1.29, 1.82) is 0 Å². The molecule has 4 rings (SSSR count). The number of amides is 2. The molecule has 5 nitrogen and oxygen atoms in total. The normalized spacial score (nSPS) is 18.2. The molecule has 2 aromatic rings. The van der Waals surface area contributed by atoms with Gasteiger partial charge in [0.2, 0.25) is 5.91 Å². The van der Waals surface area contributed by atoms with Gasteiger partial charge < -0.3 is 15.0 Å². The number of nitrogens with zero attached hydrogens (tertiary/aromatic N) is 1. The van der Waals surface area contributed by atoms with Gasteiger partial charge in [-0.05, 0) is 48.1 Å². The number of likely N-dealkylation sites (tertiary alicyclic amines) is 1. The Bertz CT molecular complexity index is 887. The molecule has 0 unspecified atom stereocenters. The van der Waals surface area contributed by atoms with Gasteiger partial charge in [-0.15, -0.1) is 11.3 Å². The summed E-state index contributed by atoms with van der Waals surface area (Å²) in [5.41, 5.74) is 2.11. The lowest BCUT2D eigenvalue weighted by Crippen LogP contribution is -2.48. The summed E-state index contributed by atoms with van der Waals surface area (Å²) in [6, 6.07) is 7.17. The summed E-state index contributed by atoms with van der Waals surface area (Å²) in [6.07, 6.45) is 2.57. The number of hydrogen-bond donors (Lipinski definition) is 1. The third-order valence-electron chi connectivity index (χ3n) is 5.32. The number of anilines is 1. The predicted octanol–water partition coefficient (Wildman–Crippen LogP) is 4.06. The molecule has 1 aromatic heterocycles. The molecule has 3 heterocycles. The van der Waals surface area contributed by atoms with Crippen molar-refractivity contribution in [2.45, 2.75) is 31.8 Å². The first kappa shape index (κ1) is 18.5. The summed E-state index contributed by atoms with van der Waals surface area (Å²) in [4.78, 5) is 27.4. The van der Waals surface area contributed by atoms with E-state index in [9.17, 15) is 9.59 Å². The quantitative estimate of drug-likeness (QED) is 0.820. The highest BCUT2D eigenvalue weighted by Crippen LogP contribution is 2.43. The van der Waals surface area contributed by atoms with E-state index in [4.69, 9.17) is 16.3 Å². The zero-order chi connectivity index (χ0) is 19.0. The average molecular weight is 405 g/mol. The third-order valence-corrected chi connectivity index (χ3v) is 6.62. The maximum absolute atomic E-state index is 12.9. The molecule has 2 amide bonds. The fourth-order valence-electron chi connectivity index (χ4n) is 3.98. The van der Waals surface area contributed by atoms with Gasteiger partial charge in [0, 0.05) is 37.0 Å². The Morgan fingerprint density at radius 2 is 2.04 bits per heavy atom. The lowest BCUT2D eigenvalue weighted by atomic mass is 9.82. The number of halogens is 1. The second kappa shape index (κ2) is 7.26. The van der Waals surface area contributed by atoms with Crippen LogP contribution >= 0.6 is 22.9 Å². The summed E-state index contributed by atoms with van der Waals surface area (Å²) >= 11 is 8.10. The summed E-state index contributed by atoms with van der Waals surface area (Å²) in [7, 11) is 0. The van der Waals surface area contributed by atoms with Crippen LogP contribution in [0.5, 0.6) is 0 Å². The van der Waals surface area contributed by atoms with Gasteiger partial charge in [-0.2, -0.15) is 0 Å². The number of carbonyl (C=O) groups excluding carboxylic acids is 2. The number of carbonyl (C=O) groups is 2. The second-order valence-electron chi connectivity index (χ2n) is 7.02. The first-order chi connectivity index (χ1) is 13.0. The van der Waals surface area contributed by atoms with Crippen molar-refractivity contribution in [3.63, 3.8) is 0 Å². The Kier molecular flexibility index (Phi) is 4.97. The SMILES string of the molecule is CC(=O)Nc1ccc(C(=O)N2CCC3(CC2)OCCc2sccc23)c(Cl)c1. The minimum atomic E-state index is -0.247. The molecule has 1 N–H and O–H groups in total. The number of thiophene rings is 1. The number of fused-ring (bicyclic) bond motifs is 2. The molecule has 1 aromatic carbocycles. The number of benzene rings is 1. The van der Waals surface area contributed by atoms with Gasteiger partial charge in [0.05, 0.1) is 22.8 Å². The van der Waals surface area contributed by atoms with Crippen molar-refractivity contribution in [1.82, 2.24) is 4.90 Å². The Morgan fingerprint density at radius 3 is 2.74 bits per heavy atom. The molecule has 0 aliphatic carbocycles. The average Bonchev–Trinajstić information content (AvgIpc) is 3.12. The summed E-state index contributed by atoms with van der Waals surface area (Å²) < 4.78 is 6.20. The fraction of sp³-hybridized carbons (Fsp3) is 0.400. The van der Waals surface area contributed by atoms with Crippen LogP contribution in [0.4, 0.5) is 5.69 Å². The molecule has 7 heteroatoms. The maximum Gasteiger partial charge on any atom is 0.255 e. The molecule has 2 aliphatic heterocycles. The zero-order valence-corrected chi connectivity index (χ0v) is 16.7. The first-order valence-electron chi connectivity index (χ1n) is 9.06. The molecule has 0 atom stereocenters. The Hall–Kier alpha value is -1.89. The van der Waals surface area contributed by atoms with E-state index < -0.39 is 0 Å². The number of piperidine rings is 1. The minimum absolute atomic E-state index is 0.0782. The van der Waals surface area contributed by atoms with E-state index in [-0.39, 0.29) is 17.4 Å². The number of ether oxygens (including phenoxy) is 1. The predicted molar refractivity (Wildman–Crippen MR) is 107 cm³/mol. The highest BCUT2D eigenvalue weighted by atomic mass is 35.5. The molecule has 2 aliphatic rings. The standard InChI is InChI=1S/C20H21ClN2O3S/c1-13(24)22-14-2-3-15(17(21)12-14)19(25)23-8-6-20(7-9-23)16-5-11-27-18(16)4-10-26-20/h2-3,5,11-12H,4,6-10H2,1H3,(H,22,24). The van der Waals surface area contributed by atoms with Gasteiger partial charge in [0.15, 0.2) is 0 Å².